The average Bonchev–Trinajstić information content (AvgIpc) is 2.34. The Labute approximate surface area is 120 Å². The van der Waals surface area contributed by atoms with Gasteiger partial charge in [0.15, 0.2) is 0 Å². The molecule has 0 atom stereocenters. The van der Waals surface area contributed by atoms with Crippen molar-refractivity contribution in [2.75, 3.05) is 5.73 Å². The zero-order valence-corrected chi connectivity index (χ0v) is 12.5. The molecule has 2 N–H and O–H groups in total. The molecule has 0 fully saturated rings. The number of nitrogen functional groups attached to an aromatic ring is 1. The lowest BCUT2D eigenvalue weighted by atomic mass is 10.2. The van der Waals surface area contributed by atoms with E-state index < -0.39 is 0 Å². The predicted octanol–water partition coefficient (Wildman–Crippen LogP) is 4.43. The van der Waals surface area contributed by atoms with Crippen molar-refractivity contribution in [3.05, 3.63) is 44.7 Å². The fourth-order valence-corrected chi connectivity index (χ4v) is 2.06. The van der Waals surface area contributed by atoms with Gasteiger partial charge in [-0.15, -0.1) is 0 Å². The first-order valence-corrected chi connectivity index (χ1v) is 6.61. The van der Waals surface area contributed by atoms with Gasteiger partial charge in [-0.05, 0) is 62.5 Å². The molecule has 2 aromatic rings. The van der Waals surface area contributed by atoms with Gasteiger partial charge in [-0.25, -0.2) is 9.37 Å². The summed E-state index contributed by atoms with van der Waals surface area (Å²) in [6, 6.07) is 4.38. The van der Waals surface area contributed by atoms with E-state index in [2.05, 4.69) is 36.8 Å². The molecule has 6 heteroatoms. The third kappa shape index (κ3) is 2.64. The van der Waals surface area contributed by atoms with Crippen molar-refractivity contribution in [1.82, 2.24) is 4.98 Å². The number of benzene rings is 1. The highest BCUT2D eigenvalue weighted by Crippen LogP contribution is 2.33. The van der Waals surface area contributed by atoms with Gasteiger partial charge in [-0.2, -0.15) is 0 Å². The van der Waals surface area contributed by atoms with Crippen LogP contribution in [0, 0.1) is 12.7 Å². The number of hydrogen-bond acceptors (Lipinski definition) is 3. The van der Waals surface area contributed by atoms with Crippen molar-refractivity contribution in [3.63, 3.8) is 0 Å². The van der Waals surface area contributed by atoms with Crippen LogP contribution in [0.25, 0.3) is 0 Å². The number of hydrogen-bond donors (Lipinski definition) is 1. The Morgan fingerprint density at radius 3 is 2.72 bits per heavy atom. The second-order valence-electron chi connectivity index (χ2n) is 3.64. The first kappa shape index (κ1) is 13.3. The summed E-state index contributed by atoms with van der Waals surface area (Å²) in [4.78, 5) is 4.08. The highest BCUT2D eigenvalue weighted by Gasteiger charge is 2.10. The maximum absolute atomic E-state index is 13.1. The van der Waals surface area contributed by atoms with Crippen molar-refractivity contribution in [2.24, 2.45) is 0 Å². The molecule has 0 aliphatic carbocycles. The summed E-state index contributed by atoms with van der Waals surface area (Å²) in [5, 5.41) is 0. The summed E-state index contributed by atoms with van der Waals surface area (Å²) >= 11 is 6.47. The summed E-state index contributed by atoms with van der Waals surface area (Å²) in [5.74, 6) is 0.531. The molecular formula is C12H9Br2FN2O. The number of rotatable bonds is 2. The lowest BCUT2D eigenvalue weighted by Gasteiger charge is -2.10. The number of halogens is 3. The maximum atomic E-state index is 13.1. The fraction of sp³-hybridized carbons (Fsp3) is 0.0833. The van der Waals surface area contributed by atoms with Crippen LogP contribution in [0.2, 0.25) is 0 Å². The van der Waals surface area contributed by atoms with Crippen LogP contribution in [0.5, 0.6) is 11.6 Å². The third-order valence-corrected chi connectivity index (χ3v) is 3.92. The van der Waals surface area contributed by atoms with Gasteiger partial charge in [0.05, 0.1) is 20.8 Å². The molecule has 0 spiro atoms. The van der Waals surface area contributed by atoms with Gasteiger partial charge in [0.1, 0.15) is 11.6 Å². The first-order chi connectivity index (χ1) is 8.49. The quantitative estimate of drug-likeness (QED) is 0.844. The molecule has 0 unspecified atom stereocenters. The Bertz CT molecular complexity index is 605. The molecule has 3 nitrogen and oxygen atoms in total. The molecule has 2 rings (SSSR count). The molecule has 0 aliphatic rings. The van der Waals surface area contributed by atoms with Crippen molar-refractivity contribution >= 4 is 37.5 Å². The molecule has 0 saturated heterocycles. The normalized spacial score (nSPS) is 10.4. The lowest BCUT2D eigenvalue weighted by molar-refractivity contribution is 0.457. The van der Waals surface area contributed by atoms with Crippen LogP contribution in [-0.4, -0.2) is 4.98 Å². The van der Waals surface area contributed by atoms with Gasteiger partial charge < -0.3 is 10.5 Å². The highest BCUT2D eigenvalue weighted by atomic mass is 79.9. The minimum absolute atomic E-state index is 0.336. The van der Waals surface area contributed by atoms with Gasteiger partial charge in [-0.1, -0.05) is 0 Å². The largest absolute Gasteiger partial charge is 0.438 e. The van der Waals surface area contributed by atoms with Gasteiger partial charge in [0.25, 0.3) is 0 Å². The van der Waals surface area contributed by atoms with Gasteiger partial charge in [0, 0.05) is 0 Å². The van der Waals surface area contributed by atoms with E-state index in [0.717, 1.165) is 5.56 Å². The molecule has 0 radical (unpaired) electrons. The van der Waals surface area contributed by atoms with E-state index in [0.29, 0.717) is 26.3 Å². The molecule has 0 aliphatic heterocycles. The van der Waals surface area contributed by atoms with E-state index in [9.17, 15) is 4.39 Å². The van der Waals surface area contributed by atoms with Crippen LogP contribution >= 0.6 is 31.9 Å². The van der Waals surface area contributed by atoms with Crippen molar-refractivity contribution < 1.29 is 9.13 Å². The smallest absolute Gasteiger partial charge is 0.233 e. The highest BCUT2D eigenvalue weighted by molar-refractivity contribution is 9.10. The summed E-state index contributed by atoms with van der Waals surface area (Å²) in [7, 11) is 0. The van der Waals surface area contributed by atoms with E-state index >= 15 is 0 Å². The van der Waals surface area contributed by atoms with Gasteiger partial charge in [-0.3, -0.25) is 0 Å². The monoisotopic (exact) mass is 374 g/mol. The Balaban J connectivity index is 2.34. The number of pyridine rings is 1. The molecule has 1 aromatic heterocycles. The topological polar surface area (TPSA) is 48.1 Å². The Morgan fingerprint density at radius 1 is 1.33 bits per heavy atom. The van der Waals surface area contributed by atoms with Gasteiger partial charge >= 0.3 is 0 Å². The van der Waals surface area contributed by atoms with E-state index in [1.165, 1.54) is 24.4 Å². The number of aromatic nitrogens is 1. The summed E-state index contributed by atoms with van der Waals surface area (Å²) in [5.41, 5.74) is 7.15. The molecule has 1 heterocycles. The lowest BCUT2D eigenvalue weighted by Crippen LogP contribution is -1.96. The van der Waals surface area contributed by atoms with Crippen molar-refractivity contribution in [1.29, 1.82) is 0 Å². The molecular weight excluding hydrogens is 367 g/mol. The first-order valence-electron chi connectivity index (χ1n) is 5.02. The number of nitrogens with two attached hydrogens (primary N) is 1. The number of ether oxygens (including phenoxy) is 1. The van der Waals surface area contributed by atoms with E-state index in [1.54, 1.807) is 0 Å². The summed E-state index contributed by atoms with van der Waals surface area (Å²) in [6.45, 7) is 1.86. The van der Waals surface area contributed by atoms with Crippen LogP contribution in [0.15, 0.2) is 33.3 Å². The number of anilines is 1. The second-order valence-corrected chi connectivity index (χ2v) is 5.28. The molecule has 94 valence electrons. The zero-order chi connectivity index (χ0) is 13.3. The van der Waals surface area contributed by atoms with Crippen LogP contribution in [0.3, 0.4) is 0 Å². The molecule has 0 amide bonds. The van der Waals surface area contributed by atoms with Crippen molar-refractivity contribution in [2.45, 2.75) is 6.92 Å². The standard InChI is InChI=1S/C12H9Br2FN2O/c1-6-10(16)5-17-12(11(6)14)18-7-2-3-9(15)8(13)4-7/h2-5H,16H2,1H3. The van der Waals surface area contributed by atoms with E-state index in [4.69, 9.17) is 10.5 Å². The fourth-order valence-electron chi connectivity index (χ4n) is 1.29. The SMILES string of the molecule is Cc1c(N)cnc(Oc2ccc(F)c(Br)c2)c1Br. The van der Waals surface area contributed by atoms with Crippen LogP contribution < -0.4 is 10.5 Å². The van der Waals surface area contributed by atoms with E-state index in [1.807, 2.05) is 6.92 Å². The zero-order valence-electron chi connectivity index (χ0n) is 9.38. The molecule has 1 aromatic carbocycles. The molecule has 0 bridgehead atoms. The average molecular weight is 376 g/mol. The third-order valence-electron chi connectivity index (χ3n) is 2.38. The minimum atomic E-state index is -0.345. The maximum Gasteiger partial charge on any atom is 0.233 e. The Hall–Kier alpha value is -1.14. The van der Waals surface area contributed by atoms with Crippen LogP contribution in [0.4, 0.5) is 10.1 Å². The summed E-state index contributed by atoms with van der Waals surface area (Å²) < 4.78 is 19.7. The summed E-state index contributed by atoms with van der Waals surface area (Å²) in [6.07, 6.45) is 1.52. The van der Waals surface area contributed by atoms with Crippen molar-refractivity contribution in [3.8, 4) is 11.6 Å². The van der Waals surface area contributed by atoms with Gasteiger partial charge in [0.2, 0.25) is 5.88 Å². The predicted molar refractivity (Wildman–Crippen MR) is 75.3 cm³/mol. The number of nitrogens with zero attached hydrogens (tertiary/aromatic N) is 1. The van der Waals surface area contributed by atoms with Crippen LogP contribution in [-0.2, 0) is 0 Å². The van der Waals surface area contributed by atoms with E-state index in [-0.39, 0.29) is 5.82 Å². The molecule has 18 heavy (non-hydrogen) atoms. The minimum Gasteiger partial charge on any atom is -0.438 e. The molecule has 0 saturated carbocycles. The van der Waals surface area contributed by atoms with Crippen LogP contribution in [0.1, 0.15) is 5.56 Å². The Kier molecular flexibility index (Phi) is 3.87. The second kappa shape index (κ2) is 5.24. The Morgan fingerprint density at radius 2 is 2.06 bits per heavy atom.